The first-order chi connectivity index (χ1) is 8.67. The normalized spacial score (nSPS) is 22.6. The van der Waals surface area contributed by atoms with E-state index in [-0.39, 0.29) is 0 Å². The molecule has 0 saturated carbocycles. The van der Waals surface area contributed by atoms with Gasteiger partial charge in [-0.2, -0.15) is 0 Å². The first-order valence-electron chi connectivity index (χ1n) is 6.23. The number of hydrogen-bond donors (Lipinski definition) is 1. The van der Waals surface area contributed by atoms with Crippen LogP contribution in [0.4, 0.5) is 0 Å². The summed E-state index contributed by atoms with van der Waals surface area (Å²) in [5.74, 6) is 0. The van der Waals surface area contributed by atoms with E-state index in [1.807, 2.05) is 30.3 Å². The zero-order valence-electron chi connectivity index (χ0n) is 10.1. The van der Waals surface area contributed by atoms with Gasteiger partial charge in [0.25, 0.3) is 0 Å². The molecule has 1 atom stereocenters. The van der Waals surface area contributed by atoms with E-state index in [9.17, 15) is 5.11 Å². The lowest BCUT2D eigenvalue weighted by Crippen LogP contribution is -2.33. The second kappa shape index (κ2) is 4.42. The van der Waals surface area contributed by atoms with Gasteiger partial charge in [-0.3, -0.25) is 0 Å². The van der Waals surface area contributed by atoms with Gasteiger partial charge in [0.05, 0.1) is 5.60 Å². The molecule has 0 aliphatic heterocycles. The molecular weight excluding hydrogens is 244 g/mol. The van der Waals surface area contributed by atoms with Gasteiger partial charge in [0.15, 0.2) is 0 Å². The van der Waals surface area contributed by atoms with Crippen LogP contribution in [0, 0.1) is 0 Å². The van der Waals surface area contributed by atoms with E-state index in [0.717, 1.165) is 18.4 Å². The fraction of sp³-hybridized carbons (Fsp3) is 0.250. The number of rotatable bonds is 1. The summed E-state index contributed by atoms with van der Waals surface area (Å²) in [5.41, 5.74) is 2.82. The molecule has 1 N–H and O–H groups in total. The van der Waals surface area contributed by atoms with Gasteiger partial charge >= 0.3 is 0 Å². The third-order valence-electron chi connectivity index (χ3n) is 3.79. The van der Waals surface area contributed by atoms with Crippen molar-refractivity contribution in [3.8, 4) is 0 Å². The van der Waals surface area contributed by atoms with E-state index >= 15 is 0 Å². The maximum Gasteiger partial charge on any atom is 0.0940 e. The van der Waals surface area contributed by atoms with E-state index < -0.39 is 5.60 Å². The van der Waals surface area contributed by atoms with E-state index in [1.165, 1.54) is 11.1 Å². The molecule has 0 bridgehead atoms. The number of fused-ring (bicyclic) bond motifs is 1. The highest BCUT2D eigenvalue weighted by Gasteiger charge is 2.33. The SMILES string of the molecule is OC1(c2ccc(Cl)cc2)CCc2ccccc2C1. The van der Waals surface area contributed by atoms with Crippen molar-refractivity contribution in [3.05, 3.63) is 70.2 Å². The minimum absolute atomic E-state index is 0.685. The number of benzene rings is 2. The van der Waals surface area contributed by atoms with Crippen LogP contribution < -0.4 is 0 Å². The second-order valence-electron chi connectivity index (χ2n) is 4.98. The molecule has 0 aromatic heterocycles. The Labute approximate surface area is 112 Å². The molecule has 0 amide bonds. The van der Waals surface area contributed by atoms with E-state index in [2.05, 4.69) is 18.2 Å². The van der Waals surface area contributed by atoms with Crippen molar-refractivity contribution in [3.63, 3.8) is 0 Å². The first-order valence-corrected chi connectivity index (χ1v) is 6.60. The Morgan fingerprint density at radius 2 is 1.61 bits per heavy atom. The number of halogens is 1. The zero-order valence-corrected chi connectivity index (χ0v) is 10.8. The quantitative estimate of drug-likeness (QED) is 0.827. The Kier molecular flexibility index (Phi) is 2.89. The summed E-state index contributed by atoms with van der Waals surface area (Å²) >= 11 is 5.90. The highest BCUT2D eigenvalue weighted by molar-refractivity contribution is 6.30. The molecule has 1 nitrogen and oxygen atoms in total. The average Bonchev–Trinajstić information content (AvgIpc) is 2.39. The number of aliphatic hydroxyl groups is 1. The van der Waals surface area contributed by atoms with Crippen LogP contribution in [0.25, 0.3) is 0 Å². The van der Waals surface area contributed by atoms with Crippen molar-refractivity contribution in [2.45, 2.75) is 24.9 Å². The summed E-state index contributed by atoms with van der Waals surface area (Å²) in [4.78, 5) is 0. The Morgan fingerprint density at radius 1 is 0.944 bits per heavy atom. The van der Waals surface area contributed by atoms with Crippen LogP contribution in [-0.2, 0) is 18.4 Å². The predicted molar refractivity (Wildman–Crippen MR) is 73.8 cm³/mol. The van der Waals surface area contributed by atoms with Crippen LogP contribution in [0.1, 0.15) is 23.1 Å². The summed E-state index contributed by atoms with van der Waals surface area (Å²) in [7, 11) is 0. The molecule has 1 aliphatic rings. The van der Waals surface area contributed by atoms with Crippen LogP contribution in [-0.4, -0.2) is 5.11 Å². The highest BCUT2D eigenvalue weighted by Crippen LogP contribution is 2.36. The van der Waals surface area contributed by atoms with Crippen LogP contribution in [0.2, 0.25) is 5.02 Å². The molecule has 0 fully saturated rings. The summed E-state index contributed by atoms with van der Waals surface area (Å²) in [5, 5.41) is 11.5. The molecule has 0 spiro atoms. The summed E-state index contributed by atoms with van der Waals surface area (Å²) < 4.78 is 0. The van der Waals surface area contributed by atoms with Gasteiger partial charge in [0, 0.05) is 11.4 Å². The standard InChI is InChI=1S/C16H15ClO/c17-15-7-5-14(6-8-15)16(18)10-9-12-3-1-2-4-13(12)11-16/h1-8,18H,9-11H2. The first kappa shape index (κ1) is 11.8. The summed E-state index contributed by atoms with van der Waals surface area (Å²) in [6.45, 7) is 0. The maximum absolute atomic E-state index is 10.8. The van der Waals surface area contributed by atoms with Crippen LogP contribution in [0.5, 0.6) is 0 Å². The van der Waals surface area contributed by atoms with Crippen LogP contribution in [0.3, 0.4) is 0 Å². The van der Waals surface area contributed by atoms with E-state index in [0.29, 0.717) is 11.4 Å². The van der Waals surface area contributed by atoms with Crippen molar-refractivity contribution >= 4 is 11.6 Å². The third kappa shape index (κ3) is 2.05. The lowest BCUT2D eigenvalue weighted by Gasteiger charge is -2.34. The van der Waals surface area contributed by atoms with Crippen LogP contribution >= 0.6 is 11.6 Å². The second-order valence-corrected chi connectivity index (χ2v) is 5.42. The molecular formula is C16H15ClO. The van der Waals surface area contributed by atoms with Crippen molar-refractivity contribution in [2.24, 2.45) is 0 Å². The molecule has 0 radical (unpaired) electrons. The molecule has 0 saturated heterocycles. The van der Waals surface area contributed by atoms with Crippen molar-refractivity contribution in [1.82, 2.24) is 0 Å². The molecule has 2 aromatic rings. The van der Waals surface area contributed by atoms with Gasteiger partial charge in [-0.1, -0.05) is 48.0 Å². The van der Waals surface area contributed by atoms with Gasteiger partial charge in [0.1, 0.15) is 0 Å². The van der Waals surface area contributed by atoms with Gasteiger partial charge in [-0.15, -0.1) is 0 Å². The number of hydrogen-bond acceptors (Lipinski definition) is 1. The average molecular weight is 259 g/mol. The molecule has 1 aliphatic carbocycles. The minimum atomic E-state index is -0.751. The third-order valence-corrected chi connectivity index (χ3v) is 4.04. The Hall–Kier alpha value is -1.31. The maximum atomic E-state index is 10.8. The highest BCUT2D eigenvalue weighted by atomic mass is 35.5. The van der Waals surface area contributed by atoms with Crippen molar-refractivity contribution in [1.29, 1.82) is 0 Å². The lowest BCUT2D eigenvalue weighted by molar-refractivity contribution is 0.0223. The fourth-order valence-electron chi connectivity index (χ4n) is 2.73. The molecule has 3 rings (SSSR count). The fourth-order valence-corrected chi connectivity index (χ4v) is 2.85. The summed E-state index contributed by atoms with van der Waals surface area (Å²) in [6.07, 6.45) is 2.38. The van der Waals surface area contributed by atoms with Gasteiger partial charge in [0.2, 0.25) is 0 Å². The molecule has 2 heteroatoms. The van der Waals surface area contributed by atoms with Gasteiger partial charge < -0.3 is 5.11 Å². The summed E-state index contributed by atoms with van der Waals surface area (Å²) in [6, 6.07) is 15.9. The largest absolute Gasteiger partial charge is 0.385 e. The smallest absolute Gasteiger partial charge is 0.0940 e. The van der Waals surface area contributed by atoms with Crippen LogP contribution in [0.15, 0.2) is 48.5 Å². The van der Waals surface area contributed by atoms with E-state index in [4.69, 9.17) is 11.6 Å². The zero-order chi connectivity index (χ0) is 12.6. The minimum Gasteiger partial charge on any atom is -0.385 e. The predicted octanol–water partition coefficient (Wildman–Crippen LogP) is 3.72. The van der Waals surface area contributed by atoms with Gasteiger partial charge in [-0.25, -0.2) is 0 Å². The van der Waals surface area contributed by atoms with Crippen molar-refractivity contribution < 1.29 is 5.11 Å². The molecule has 0 heterocycles. The van der Waals surface area contributed by atoms with Crippen molar-refractivity contribution in [2.75, 3.05) is 0 Å². The Balaban J connectivity index is 1.96. The molecule has 1 unspecified atom stereocenters. The molecule has 18 heavy (non-hydrogen) atoms. The molecule has 2 aromatic carbocycles. The van der Waals surface area contributed by atoms with E-state index in [1.54, 1.807) is 0 Å². The Bertz CT molecular complexity index is 562. The monoisotopic (exact) mass is 258 g/mol. The molecule has 92 valence electrons. The topological polar surface area (TPSA) is 20.2 Å². The lowest BCUT2D eigenvalue weighted by atomic mass is 9.76. The van der Waals surface area contributed by atoms with Gasteiger partial charge in [-0.05, 0) is 41.7 Å². The Morgan fingerprint density at radius 3 is 2.33 bits per heavy atom. The number of aryl methyl sites for hydroxylation is 1.